The van der Waals surface area contributed by atoms with Gasteiger partial charge in [-0.1, -0.05) is 32.1 Å². The Bertz CT molecular complexity index is 1500. The smallest absolute Gasteiger partial charge is 0.337 e. The van der Waals surface area contributed by atoms with Crippen molar-refractivity contribution in [3.8, 4) is 5.75 Å². The van der Waals surface area contributed by atoms with E-state index in [0.717, 1.165) is 34.5 Å². The number of esters is 2. The monoisotopic (exact) mass is 684 g/mol. The van der Waals surface area contributed by atoms with Gasteiger partial charge in [-0.05, 0) is 120 Å². The van der Waals surface area contributed by atoms with Crippen LogP contribution >= 0.6 is 0 Å². The predicted octanol–water partition coefficient (Wildman–Crippen LogP) is 9.69. The molecule has 2 fully saturated rings. The summed E-state index contributed by atoms with van der Waals surface area (Å²) in [5.41, 5.74) is 6.26. The number of hydrogen-bond donors (Lipinski definition) is 1. The lowest BCUT2D eigenvalue weighted by Crippen LogP contribution is -2.53. The number of hydrogen-bond acceptors (Lipinski definition) is 7. The summed E-state index contributed by atoms with van der Waals surface area (Å²) in [5.74, 6) is -1.98. The summed E-state index contributed by atoms with van der Waals surface area (Å²) < 4.78 is 44.2. The van der Waals surface area contributed by atoms with Crippen LogP contribution in [0, 0.1) is 25.2 Å². The first kappa shape index (κ1) is 40.0. The molecule has 2 aromatic carbocycles. The van der Waals surface area contributed by atoms with E-state index in [-0.39, 0.29) is 41.9 Å². The Kier molecular flexibility index (Phi) is 13.1. The molecule has 0 amide bonds. The van der Waals surface area contributed by atoms with Crippen LogP contribution in [0.4, 0.5) is 14.5 Å². The number of methoxy groups -OCH3 is 2. The Hall–Kier alpha value is -3.46. The summed E-state index contributed by atoms with van der Waals surface area (Å²) in [7, 11) is 3.08. The fourth-order valence-corrected chi connectivity index (χ4v) is 7.03. The average Bonchev–Trinajstić information content (AvgIpc) is 2.96. The van der Waals surface area contributed by atoms with Gasteiger partial charge in [-0.3, -0.25) is 9.69 Å². The minimum atomic E-state index is -2.59. The first-order chi connectivity index (χ1) is 22.7. The lowest BCUT2D eigenvalue weighted by Gasteiger charge is -2.55. The van der Waals surface area contributed by atoms with Crippen molar-refractivity contribution in [1.82, 2.24) is 4.90 Å². The van der Waals surface area contributed by atoms with E-state index in [1.54, 1.807) is 13.2 Å². The quantitative estimate of drug-likeness (QED) is 0.264. The minimum Gasteiger partial charge on any atom is -0.496 e. The number of carbonyl (C=O) groups is 2. The number of alkyl halides is 2. The number of nitrogens with one attached hydrogen (secondary N) is 1. The number of halogens is 2. The standard InChI is InChI=1S/C34H46F2N2O3.C6H12O2/c1-21(2)9-11-26-24(6)23(5)15-31(40-7)28(26)18-38-14-13-33(19-34(35,36)20-33)17-30(38)27-12-10-25(32(39)41-8)16-29(27)37-22(3)4;1-5(7)8-6(2,3)4/h9-12,15-16,21-22,30,37H,13-14,17-20H2,1-8H3;1-4H3/b11-9-;. The van der Waals surface area contributed by atoms with E-state index < -0.39 is 11.9 Å². The van der Waals surface area contributed by atoms with Crippen molar-refractivity contribution in [2.24, 2.45) is 11.3 Å². The lowest BCUT2D eigenvalue weighted by molar-refractivity contribution is -0.186. The third-order valence-electron chi connectivity index (χ3n) is 9.19. The van der Waals surface area contributed by atoms with E-state index in [1.165, 1.54) is 25.2 Å². The van der Waals surface area contributed by atoms with Crippen molar-refractivity contribution in [1.29, 1.82) is 0 Å². The second-order valence-electron chi connectivity index (χ2n) is 15.5. The maximum absolute atomic E-state index is 14.3. The van der Waals surface area contributed by atoms with Gasteiger partial charge in [0.2, 0.25) is 5.92 Å². The number of aryl methyl sites for hydroxylation is 1. The number of anilines is 1. The zero-order valence-corrected chi connectivity index (χ0v) is 31.7. The molecule has 1 saturated carbocycles. The first-order valence-corrected chi connectivity index (χ1v) is 17.4. The van der Waals surface area contributed by atoms with E-state index in [4.69, 9.17) is 14.2 Å². The molecular weight excluding hydrogens is 626 g/mol. The molecule has 49 heavy (non-hydrogen) atoms. The highest BCUT2D eigenvalue weighted by molar-refractivity contribution is 5.90. The Morgan fingerprint density at radius 2 is 1.73 bits per heavy atom. The predicted molar refractivity (Wildman–Crippen MR) is 193 cm³/mol. The van der Waals surface area contributed by atoms with Crippen molar-refractivity contribution < 1.29 is 32.6 Å². The largest absolute Gasteiger partial charge is 0.496 e. The molecule has 0 radical (unpaired) electrons. The number of piperidine rings is 1. The summed E-state index contributed by atoms with van der Waals surface area (Å²) in [6.45, 7) is 20.9. The topological polar surface area (TPSA) is 77.1 Å². The van der Waals surface area contributed by atoms with Gasteiger partial charge in [0.1, 0.15) is 11.4 Å². The summed E-state index contributed by atoms with van der Waals surface area (Å²) in [4.78, 5) is 25.0. The third kappa shape index (κ3) is 10.8. The van der Waals surface area contributed by atoms with E-state index >= 15 is 0 Å². The van der Waals surface area contributed by atoms with E-state index in [2.05, 4.69) is 70.0 Å². The Morgan fingerprint density at radius 1 is 1.08 bits per heavy atom. The van der Waals surface area contributed by atoms with Gasteiger partial charge in [-0.15, -0.1) is 0 Å². The molecule has 1 unspecified atom stereocenters. The molecule has 1 N–H and O–H groups in total. The SMILES string of the molecule is CC(=O)OC(C)(C)C.COC(=O)c1ccc(C2CC3(CCN2Cc2c(OC)cc(C)c(C)c2/C=C\C(C)C)CC(F)(F)C3)c(NC(C)C)c1. The fraction of sp³-hybridized carbons (Fsp3) is 0.600. The maximum atomic E-state index is 14.3. The second kappa shape index (κ2) is 16.0. The molecule has 2 aliphatic rings. The van der Waals surface area contributed by atoms with Gasteiger partial charge in [-0.2, -0.15) is 0 Å². The highest BCUT2D eigenvalue weighted by atomic mass is 19.3. The highest BCUT2D eigenvalue weighted by Gasteiger charge is 2.58. The van der Waals surface area contributed by atoms with Crippen LogP contribution in [0.25, 0.3) is 6.08 Å². The van der Waals surface area contributed by atoms with Gasteiger partial charge in [0.05, 0.1) is 19.8 Å². The molecule has 1 saturated heterocycles. The lowest BCUT2D eigenvalue weighted by atomic mass is 9.58. The van der Waals surface area contributed by atoms with Crippen molar-refractivity contribution in [3.63, 3.8) is 0 Å². The number of nitrogens with zero attached hydrogens (tertiary/aromatic N) is 1. The molecule has 2 aromatic rings. The van der Waals surface area contributed by atoms with Crippen LogP contribution in [0.15, 0.2) is 30.3 Å². The number of carbonyl (C=O) groups excluding carboxylic acids is 2. The molecule has 1 heterocycles. The zero-order valence-electron chi connectivity index (χ0n) is 31.7. The summed E-state index contributed by atoms with van der Waals surface area (Å²) in [6, 6.07) is 7.70. The summed E-state index contributed by atoms with van der Waals surface area (Å²) >= 11 is 0. The van der Waals surface area contributed by atoms with Gasteiger partial charge in [0.15, 0.2) is 0 Å². The van der Waals surface area contributed by atoms with Crippen LogP contribution in [0.2, 0.25) is 0 Å². The average molecular weight is 685 g/mol. The molecule has 1 atom stereocenters. The van der Waals surface area contributed by atoms with Crippen LogP contribution in [-0.4, -0.2) is 55.2 Å². The molecule has 1 aliphatic carbocycles. The van der Waals surface area contributed by atoms with Gasteiger partial charge in [0, 0.05) is 49.6 Å². The Labute approximate surface area is 292 Å². The van der Waals surface area contributed by atoms with E-state index in [0.29, 0.717) is 31.0 Å². The molecule has 0 bridgehead atoms. The van der Waals surface area contributed by atoms with Crippen molar-refractivity contribution in [2.45, 2.75) is 125 Å². The summed E-state index contributed by atoms with van der Waals surface area (Å²) in [5, 5.41) is 3.52. The third-order valence-corrected chi connectivity index (χ3v) is 9.19. The number of benzene rings is 2. The van der Waals surface area contributed by atoms with Crippen molar-refractivity contribution >= 4 is 23.7 Å². The maximum Gasteiger partial charge on any atom is 0.337 e. The highest BCUT2D eigenvalue weighted by Crippen LogP contribution is 2.61. The molecule has 7 nitrogen and oxygen atoms in total. The Balaban J connectivity index is 0.000000723. The molecule has 0 aromatic heterocycles. The van der Waals surface area contributed by atoms with Gasteiger partial charge in [-0.25, -0.2) is 13.6 Å². The van der Waals surface area contributed by atoms with E-state index in [1.807, 2.05) is 32.9 Å². The molecule has 272 valence electrons. The zero-order chi connectivity index (χ0) is 36.9. The molecular formula is C40H58F2N2O5. The van der Waals surface area contributed by atoms with Gasteiger partial charge >= 0.3 is 11.9 Å². The number of allylic oxidation sites excluding steroid dienone is 1. The number of ether oxygens (including phenoxy) is 3. The molecule has 4 rings (SSSR count). The minimum absolute atomic E-state index is 0.0626. The molecule has 9 heteroatoms. The van der Waals surface area contributed by atoms with Crippen LogP contribution in [0.1, 0.15) is 125 Å². The Morgan fingerprint density at radius 3 is 2.22 bits per heavy atom. The number of rotatable bonds is 9. The van der Waals surface area contributed by atoms with Crippen LogP contribution in [-0.2, 0) is 20.8 Å². The van der Waals surface area contributed by atoms with Crippen LogP contribution in [0.3, 0.4) is 0 Å². The van der Waals surface area contributed by atoms with Crippen LogP contribution < -0.4 is 10.1 Å². The van der Waals surface area contributed by atoms with Gasteiger partial charge < -0.3 is 19.5 Å². The van der Waals surface area contributed by atoms with Crippen LogP contribution in [0.5, 0.6) is 5.75 Å². The first-order valence-electron chi connectivity index (χ1n) is 17.4. The van der Waals surface area contributed by atoms with Gasteiger partial charge in [0.25, 0.3) is 0 Å². The number of likely N-dealkylation sites (tertiary alicyclic amines) is 1. The summed E-state index contributed by atoms with van der Waals surface area (Å²) in [6.07, 6.45) is 5.66. The normalized spacial score (nSPS) is 18.6. The molecule has 1 aliphatic heterocycles. The fourth-order valence-electron chi connectivity index (χ4n) is 7.03. The molecule has 1 spiro atoms. The van der Waals surface area contributed by atoms with Crippen molar-refractivity contribution in [3.05, 3.63) is 63.7 Å². The van der Waals surface area contributed by atoms with Crippen molar-refractivity contribution in [2.75, 3.05) is 26.1 Å². The van der Waals surface area contributed by atoms with E-state index in [9.17, 15) is 18.4 Å². The second-order valence-corrected chi connectivity index (χ2v) is 15.5.